The minimum atomic E-state index is -0.0786. The van der Waals surface area contributed by atoms with Gasteiger partial charge in [0.05, 0.1) is 0 Å². The average molecular weight is 649 g/mol. The Morgan fingerprint density at radius 3 is 1.73 bits per heavy atom. The molecule has 1 aliphatic rings. The smallest absolute Gasteiger partial charge is 0.0159 e. The Labute approximate surface area is 299 Å². The van der Waals surface area contributed by atoms with Gasteiger partial charge in [0, 0.05) is 5.41 Å². The second-order valence-corrected chi connectivity index (χ2v) is 14.4. The first kappa shape index (κ1) is 29.7. The highest BCUT2D eigenvalue weighted by atomic mass is 14.4. The monoisotopic (exact) mass is 648 g/mol. The largest absolute Gasteiger partial charge is 0.0622 e. The Morgan fingerprint density at radius 2 is 0.863 bits per heavy atom. The van der Waals surface area contributed by atoms with Crippen molar-refractivity contribution in [3.05, 3.63) is 193 Å². The maximum absolute atomic E-state index is 2.44. The zero-order chi connectivity index (χ0) is 34.1. The Hall–Kier alpha value is -6.24. The average Bonchev–Trinajstić information content (AvgIpc) is 3.43. The summed E-state index contributed by atoms with van der Waals surface area (Å²) in [7, 11) is 0. The molecule has 0 bridgehead atoms. The highest BCUT2D eigenvalue weighted by Crippen LogP contribution is 2.54. The SMILES string of the molecule is CC1(C)c2ccccc2-c2c(-c3c4ccccc4c(-c4cccc(-c5cccc6ccccc56)c4)c4ccc(-c5ccccc5)cc34)cccc21. The Bertz CT molecular complexity index is 2810. The van der Waals surface area contributed by atoms with Crippen LogP contribution in [0.2, 0.25) is 0 Å². The summed E-state index contributed by atoms with van der Waals surface area (Å²) in [5.41, 5.74) is 15.5. The third-order valence-corrected chi connectivity index (χ3v) is 11.3. The Kier molecular flexibility index (Phi) is 6.63. The Balaban J connectivity index is 1.31. The lowest BCUT2D eigenvalue weighted by Crippen LogP contribution is -2.14. The molecule has 0 aromatic heterocycles. The van der Waals surface area contributed by atoms with Crippen molar-refractivity contribution in [1.82, 2.24) is 0 Å². The van der Waals surface area contributed by atoms with E-state index in [-0.39, 0.29) is 5.41 Å². The third kappa shape index (κ3) is 4.53. The van der Waals surface area contributed by atoms with E-state index in [2.05, 4.69) is 196 Å². The van der Waals surface area contributed by atoms with E-state index in [1.165, 1.54) is 99.1 Å². The van der Waals surface area contributed by atoms with Gasteiger partial charge in [-0.15, -0.1) is 0 Å². The normalized spacial score (nSPS) is 13.1. The van der Waals surface area contributed by atoms with Gasteiger partial charge in [0.15, 0.2) is 0 Å². The summed E-state index contributed by atoms with van der Waals surface area (Å²) in [6.45, 7) is 4.74. The maximum atomic E-state index is 2.44. The first-order valence-electron chi connectivity index (χ1n) is 17.9. The molecule has 51 heavy (non-hydrogen) atoms. The van der Waals surface area contributed by atoms with Crippen molar-refractivity contribution in [2.45, 2.75) is 19.3 Å². The molecule has 0 amide bonds. The number of rotatable bonds is 4. The summed E-state index contributed by atoms with van der Waals surface area (Å²) in [6, 6.07) is 67.4. The molecule has 0 atom stereocenters. The topological polar surface area (TPSA) is 0 Å². The predicted octanol–water partition coefficient (Wildman–Crippen LogP) is 14.1. The fraction of sp³-hybridized carbons (Fsp3) is 0.0588. The summed E-state index contributed by atoms with van der Waals surface area (Å²) >= 11 is 0. The van der Waals surface area contributed by atoms with Crippen LogP contribution in [0.15, 0.2) is 182 Å². The first-order chi connectivity index (χ1) is 25.1. The molecule has 0 spiro atoms. The lowest BCUT2D eigenvalue weighted by atomic mass is 9.80. The van der Waals surface area contributed by atoms with E-state index < -0.39 is 0 Å². The fourth-order valence-corrected chi connectivity index (χ4v) is 8.87. The molecule has 0 N–H and O–H groups in total. The van der Waals surface area contributed by atoms with E-state index in [9.17, 15) is 0 Å². The lowest BCUT2D eigenvalue weighted by molar-refractivity contribution is 0.660. The van der Waals surface area contributed by atoms with Crippen molar-refractivity contribution in [3.63, 3.8) is 0 Å². The molecule has 0 heteroatoms. The van der Waals surface area contributed by atoms with Crippen LogP contribution in [0.1, 0.15) is 25.0 Å². The summed E-state index contributed by atoms with van der Waals surface area (Å²) < 4.78 is 0. The van der Waals surface area contributed by atoms with Crippen LogP contribution in [0.5, 0.6) is 0 Å². The summed E-state index contributed by atoms with van der Waals surface area (Å²) in [4.78, 5) is 0. The lowest BCUT2D eigenvalue weighted by Gasteiger charge is -2.23. The van der Waals surface area contributed by atoms with E-state index in [0.29, 0.717) is 0 Å². The quantitative estimate of drug-likeness (QED) is 0.167. The van der Waals surface area contributed by atoms with Crippen LogP contribution in [0.25, 0.3) is 88.0 Å². The zero-order valence-electron chi connectivity index (χ0n) is 28.8. The van der Waals surface area contributed by atoms with Crippen LogP contribution >= 0.6 is 0 Å². The van der Waals surface area contributed by atoms with Crippen LogP contribution in [-0.4, -0.2) is 0 Å². The molecular weight excluding hydrogens is 613 g/mol. The summed E-state index contributed by atoms with van der Waals surface area (Å²) in [5, 5.41) is 7.62. The molecule has 0 aliphatic heterocycles. The second-order valence-electron chi connectivity index (χ2n) is 14.4. The van der Waals surface area contributed by atoms with Crippen molar-refractivity contribution < 1.29 is 0 Å². The van der Waals surface area contributed by atoms with Gasteiger partial charge >= 0.3 is 0 Å². The van der Waals surface area contributed by atoms with Gasteiger partial charge in [-0.2, -0.15) is 0 Å². The van der Waals surface area contributed by atoms with Crippen LogP contribution in [0.4, 0.5) is 0 Å². The number of hydrogen-bond acceptors (Lipinski definition) is 0. The van der Waals surface area contributed by atoms with Gasteiger partial charge in [0.1, 0.15) is 0 Å². The molecule has 0 saturated heterocycles. The molecule has 1 aliphatic carbocycles. The minimum absolute atomic E-state index is 0.0786. The van der Waals surface area contributed by atoms with Crippen molar-refractivity contribution in [2.75, 3.05) is 0 Å². The van der Waals surface area contributed by atoms with Gasteiger partial charge in [0.25, 0.3) is 0 Å². The summed E-state index contributed by atoms with van der Waals surface area (Å²) in [5.74, 6) is 0. The van der Waals surface area contributed by atoms with Crippen LogP contribution in [0.3, 0.4) is 0 Å². The molecule has 0 fully saturated rings. The van der Waals surface area contributed by atoms with E-state index in [1.807, 2.05) is 0 Å². The second kappa shape index (κ2) is 11.4. The molecule has 0 unspecified atom stereocenters. The van der Waals surface area contributed by atoms with E-state index >= 15 is 0 Å². The molecule has 0 nitrogen and oxygen atoms in total. The van der Waals surface area contributed by atoms with Gasteiger partial charge in [-0.3, -0.25) is 0 Å². The van der Waals surface area contributed by atoms with Crippen molar-refractivity contribution in [1.29, 1.82) is 0 Å². The van der Waals surface area contributed by atoms with E-state index in [1.54, 1.807) is 0 Å². The number of hydrogen-bond donors (Lipinski definition) is 0. The summed E-state index contributed by atoms with van der Waals surface area (Å²) in [6.07, 6.45) is 0. The van der Waals surface area contributed by atoms with E-state index in [0.717, 1.165) is 0 Å². The molecule has 10 rings (SSSR count). The zero-order valence-corrected chi connectivity index (χ0v) is 28.8. The first-order valence-corrected chi connectivity index (χ1v) is 17.9. The molecule has 0 saturated carbocycles. The highest BCUT2D eigenvalue weighted by molar-refractivity contribution is 6.23. The van der Waals surface area contributed by atoms with Crippen molar-refractivity contribution in [3.8, 4) is 55.6 Å². The van der Waals surface area contributed by atoms with Crippen LogP contribution < -0.4 is 0 Å². The predicted molar refractivity (Wildman–Crippen MR) is 218 cm³/mol. The molecular formula is C51H36. The fourth-order valence-electron chi connectivity index (χ4n) is 8.87. The molecule has 9 aromatic carbocycles. The third-order valence-electron chi connectivity index (χ3n) is 11.3. The standard InChI is InChI=1S/C51H36/c1-51(2)46-27-11-10-24-43(46)50-44(26-14-28-47(50)51)49-41-23-9-8-22-40(41)48(42-30-29-35(32-45(42)49)33-15-4-3-5-16-33)37-20-12-19-36(31-37)39-25-13-18-34-17-6-7-21-38(34)39/h3-32H,1-2H3. The maximum Gasteiger partial charge on any atom is 0.0159 e. The van der Waals surface area contributed by atoms with E-state index in [4.69, 9.17) is 0 Å². The molecule has 9 aromatic rings. The molecule has 240 valence electrons. The van der Waals surface area contributed by atoms with Gasteiger partial charge in [-0.05, 0) is 111 Å². The highest BCUT2D eigenvalue weighted by Gasteiger charge is 2.37. The van der Waals surface area contributed by atoms with Crippen molar-refractivity contribution in [2.24, 2.45) is 0 Å². The van der Waals surface area contributed by atoms with Gasteiger partial charge in [-0.25, -0.2) is 0 Å². The van der Waals surface area contributed by atoms with Crippen LogP contribution in [0, 0.1) is 0 Å². The minimum Gasteiger partial charge on any atom is -0.0622 e. The molecule has 0 radical (unpaired) electrons. The number of fused-ring (bicyclic) bond motifs is 6. The van der Waals surface area contributed by atoms with Gasteiger partial charge in [-0.1, -0.05) is 184 Å². The van der Waals surface area contributed by atoms with Gasteiger partial charge < -0.3 is 0 Å². The van der Waals surface area contributed by atoms with Crippen LogP contribution in [-0.2, 0) is 5.41 Å². The van der Waals surface area contributed by atoms with Gasteiger partial charge in [0.2, 0.25) is 0 Å². The Morgan fingerprint density at radius 1 is 0.294 bits per heavy atom. The van der Waals surface area contributed by atoms with Crippen molar-refractivity contribution >= 4 is 32.3 Å². The molecule has 0 heterocycles. The number of benzene rings is 9.